The summed E-state index contributed by atoms with van der Waals surface area (Å²) in [7, 11) is 0. The highest BCUT2D eigenvalue weighted by atomic mass is 16.5. The smallest absolute Gasteiger partial charge is 0.0607 e. The molecule has 0 bridgehead atoms. The fourth-order valence-electron chi connectivity index (χ4n) is 3.75. The van der Waals surface area contributed by atoms with Crippen molar-refractivity contribution in [3.05, 3.63) is 58.7 Å². The fourth-order valence-corrected chi connectivity index (χ4v) is 3.75. The molecule has 0 amide bonds. The first-order valence-electron chi connectivity index (χ1n) is 9.16. The Morgan fingerprint density at radius 2 is 2.20 bits per heavy atom. The predicted molar refractivity (Wildman–Crippen MR) is 98.4 cm³/mol. The summed E-state index contributed by atoms with van der Waals surface area (Å²) in [5.74, 6) is 0. The van der Waals surface area contributed by atoms with E-state index in [9.17, 15) is 0 Å². The molecule has 0 aromatic carbocycles. The maximum absolute atomic E-state index is 8.92. The van der Waals surface area contributed by atoms with Crippen LogP contribution in [-0.4, -0.2) is 33.2 Å². The zero-order chi connectivity index (χ0) is 17.6. The van der Waals surface area contributed by atoms with Crippen molar-refractivity contribution in [3.8, 4) is 0 Å². The third-order valence-electron chi connectivity index (χ3n) is 5.02. The van der Waals surface area contributed by atoms with Gasteiger partial charge >= 0.3 is 0 Å². The third-order valence-corrected chi connectivity index (χ3v) is 5.02. The SMILES string of the molecule is Cc1cnc(CN(CCCNO)C2CCCc3cccnc32)c(C)c1. The molecule has 25 heavy (non-hydrogen) atoms. The van der Waals surface area contributed by atoms with Crippen LogP contribution < -0.4 is 5.48 Å². The van der Waals surface area contributed by atoms with Gasteiger partial charge in [-0.1, -0.05) is 12.1 Å². The lowest BCUT2D eigenvalue weighted by molar-refractivity contribution is 0.135. The molecule has 0 radical (unpaired) electrons. The van der Waals surface area contributed by atoms with Crippen LogP contribution in [0.2, 0.25) is 0 Å². The Morgan fingerprint density at radius 3 is 3.00 bits per heavy atom. The molecule has 2 heterocycles. The summed E-state index contributed by atoms with van der Waals surface area (Å²) < 4.78 is 0. The van der Waals surface area contributed by atoms with Gasteiger partial charge in [0.2, 0.25) is 0 Å². The summed E-state index contributed by atoms with van der Waals surface area (Å²) in [5.41, 5.74) is 8.43. The highest BCUT2D eigenvalue weighted by Gasteiger charge is 2.27. The van der Waals surface area contributed by atoms with Crippen LogP contribution in [0.15, 0.2) is 30.6 Å². The number of hydrogen-bond acceptors (Lipinski definition) is 5. The van der Waals surface area contributed by atoms with Gasteiger partial charge in [-0.05, 0) is 62.3 Å². The van der Waals surface area contributed by atoms with Crippen LogP contribution >= 0.6 is 0 Å². The van der Waals surface area contributed by atoms with Gasteiger partial charge < -0.3 is 5.21 Å². The molecular formula is C20H28N4O. The zero-order valence-corrected chi connectivity index (χ0v) is 15.2. The van der Waals surface area contributed by atoms with Gasteiger partial charge in [0.25, 0.3) is 0 Å². The third kappa shape index (κ3) is 4.42. The number of hydroxylamine groups is 1. The number of fused-ring (bicyclic) bond motifs is 1. The van der Waals surface area contributed by atoms with Crippen molar-refractivity contribution >= 4 is 0 Å². The van der Waals surface area contributed by atoms with Crippen LogP contribution in [0.25, 0.3) is 0 Å². The molecule has 1 aliphatic carbocycles. The number of pyridine rings is 2. The number of nitrogens with one attached hydrogen (secondary N) is 1. The predicted octanol–water partition coefficient (Wildman–Crippen LogP) is 3.34. The molecule has 2 N–H and O–H groups in total. The van der Waals surface area contributed by atoms with Gasteiger partial charge in [0.1, 0.15) is 0 Å². The van der Waals surface area contributed by atoms with Gasteiger partial charge in [-0.25, -0.2) is 5.48 Å². The van der Waals surface area contributed by atoms with Crippen LogP contribution in [0.5, 0.6) is 0 Å². The van der Waals surface area contributed by atoms with E-state index in [2.05, 4.69) is 41.3 Å². The first-order chi connectivity index (χ1) is 12.2. The van der Waals surface area contributed by atoms with Crippen molar-refractivity contribution in [2.45, 2.75) is 52.1 Å². The monoisotopic (exact) mass is 340 g/mol. The molecule has 0 fully saturated rings. The van der Waals surface area contributed by atoms with Crippen LogP contribution in [0, 0.1) is 13.8 Å². The number of hydrogen-bond donors (Lipinski definition) is 2. The summed E-state index contributed by atoms with van der Waals surface area (Å²) in [5, 5.41) is 8.92. The molecule has 134 valence electrons. The van der Waals surface area contributed by atoms with E-state index in [1.807, 2.05) is 18.5 Å². The molecule has 0 saturated carbocycles. The van der Waals surface area contributed by atoms with Crippen molar-refractivity contribution in [1.82, 2.24) is 20.3 Å². The average molecular weight is 340 g/mol. The molecule has 2 aromatic rings. The summed E-state index contributed by atoms with van der Waals surface area (Å²) in [6.07, 6.45) is 8.18. The largest absolute Gasteiger partial charge is 0.317 e. The standard InChI is InChI=1S/C20H28N4O/c1-15-12-16(2)18(22-13-15)14-24(11-5-10-23-25)19-8-3-6-17-7-4-9-21-20(17)19/h4,7,9,12-13,19,23,25H,3,5-6,8,10-11,14H2,1-2H3. The summed E-state index contributed by atoms with van der Waals surface area (Å²) in [4.78, 5) is 11.8. The second-order valence-electron chi connectivity index (χ2n) is 6.96. The Morgan fingerprint density at radius 1 is 1.32 bits per heavy atom. The van der Waals surface area contributed by atoms with Crippen molar-refractivity contribution < 1.29 is 5.21 Å². The normalized spacial score (nSPS) is 16.9. The first kappa shape index (κ1) is 18.0. The van der Waals surface area contributed by atoms with Crippen molar-refractivity contribution in [1.29, 1.82) is 0 Å². The van der Waals surface area contributed by atoms with Crippen molar-refractivity contribution in [2.24, 2.45) is 0 Å². The van der Waals surface area contributed by atoms with Gasteiger partial charge in [0.15, 0.2) is 0 Å². The summed E-state index contributed by atoms with van der Waals surface area (Å²) in [6, 6.07) is 6.76. The first-order valence-corrected chi connectivity index (χ1v) is 9.16. The lowest BCUT2D eigenvalue weighted by atomic mass is 9.90. The molecular weight excluding hydrogens is 312 g/mol. The second kappa shape index (κ2) is 8.52. The van der Waals surface area contributed by atoms with E-state index >= 15 is 0 Å². The van der Waals surface area contributed by atoms with E-state index in [0.29, 0.717) is 12.6 Å². The van der Waals surface area contributed by atoms with E-state index in [-0.39, 0.29) is 0 Å². The molecule has 3 rings (SSSR count). The minimum Gasteiger partial charge on any atom is -0.317 e. The highest BCUT2D eigenvalue weighted by Crippen LogP contribution is 2.33. The Bertz CT molecular complexity index is 704. The molecule has 1 aliphatic rings. The highest BCUT2D eigenvalue weighted by molar-refractivity contribution is 5.27. The minimum atomic E-state index is 0.325. The van der Waals surface area contributed by atoms with Crippen LogP contribution in [-0.2, 0) is 13.0 Å². The van der Waals surface area contributed by atoms with E-state index < -0.39 is 0 Å². The Labute approximate surface area is 150 Å². The topological polar surface area (TPSA) is 61.3 Å². The van der Waals surface area contributed by atoms with E-state index in [4.69, 9.17) is 10.2 Å². The van der Waals surface area contributed by atoms with Crippen molar-refractivity contribution in [2.75, 3.05) is 13.1 Å². The number of aromatic nitrogens is 2. The quantitative estimate of drug-likeness (QED) is 0.598. The van der Waals surface area contributed by atoms with Crippen molar-refractivity contribution in [3.63, 3.8) is 0 Å². The molecule has 0 saturated heterocycles. The maximum Gasteiger partial charge on any atom is 0.0607 e. The summed E-state index contributed by atoms with van der Waals surface area (Å²) >= 11 is 0. The molecule has 1 atom stereocenters. The average Bonchev–Trinajstić information content (AvgIpc) is 2.62. The van der Waals surface area contributed by atoms with E-state index in [1.165, 1.54) is 28.8 Å². The molecule has 5 heteroatoms. The molecule has 1 unspecified atom stereocenters. The Balaban J connectivity index is 1.84. The summed E-state index contributed by atoms with van der Waals surface area (Å²) in [6.45, 7) is 6.53. The Kier molecular flexibility index (Phi) is 6.13. The molecule has 0 aliphatic heterocycles. The maximum atomic E-state index is 8.92. The van der Waals surface area contributed by atoms with Crippen LogP contribution in [0.4, 0.5) is 0 Å². The van der Waals surface area contributed by atoms with Gasteiger partial charge in [-0.15, -0.1) is 0 Å². The van der Waals surface area contributed by atoms with E-state index in [0.717, 1.165) is 38.0 Å². The second-order valence-corrected chi connectivity index (χ2v) is 6.96. The molecule has 0 spiro atoms. The van der Waals surface area contributed by atoms with Gasteiger partial charge in [-0.3, -0.25) is 14.9 Å². The lowest BCUT2D eigenvalue weighted by Crippen LogP contribution is -2.34. The minimum absolute atomic E-state index is 0.325. The number of aryl methyl sites for hydroxylation is 3. The van der Waals surface area contributed by atoms with Gasteiger partial charge in [0, 0.05) is 32.0 Å². The lowest BCUT2D eigenvalue weighted by Gasteiger charge is -2.35. The molecule has 2 aromatic heterocycles. The number of nitrogens with zero attached hydrogens (tertiary/aromatic N) is 3. The fraction of sp³-hybridized carbons (Fsp3) is 0.500. The Hall–Kier alpha value is -1.82. The molecule has 5 nitrogen and oxygen atoms in total. The van der Waals surface area contributed by atoms with Gasteiger partial charge in [-0.2, -0.15) is 0 Å². The van der Waals surface area contributed by atoms with E-state index in [1.54, 1.807) is 0 Å². The van der Waals surface area contributed by atoms with Gasteiger partial charge in [0.05, 0.1) is 17.4 Å². The zero-order valence-electron chi connectivity index (χ0n) is 15.2. The number of rotatable bonds is 7. The van der Waals surface area contributed by atoms with Crippen LogP contribution in [0.1, 0.15) is 53.4 Å². The van der Waals surface area contributed by atoms with Crippen LogP contribution in [0.3, 0.4) is 0 Å².